The summed E-state index contributed by atoms with van der Waals surface area (Å²) in [5.74, 6) is 0.0282. The van der Waals surface area contributed by atoms with E-state index >= 15 is 0 Å². The number of carbonyl (C=O) groups excluding carboxylic acids is 1. The average molecular weight is 431 g/mol. The molecule has 33 heavy (non-hydrogen) atoms. The second kappa shape index (κ2) is 8.55. The predicted molar refractivity (Wildman–Crippen MR) is 133 cm³/mol. The monoisotopic (exact) mass is 430 g/mol. The number of primary amides is 1. The molecule has 0 spiro atoms. The Kier molecular flexibility index (Phi) is 5.29. The molecule has 5 aromatic rings. The molecule has 1 amide bonds. The summed E-state index contributed by atoms with van der Waals surface area (Å²) in [4.78, 5) is 21.6. The first-order valence-corrected chi connectivity index (χ1v) is 10.7. The van der Waals surface area contributed by atoms with Crippen LogP contribution in [0.15, 0.2) is 97.1 Å². The van der Waals surface area contributed by atoms with Gasteiger partial charge in [0, 0.05) is 27.8 Å². The Labute approximate surface area is 192 Å². The van der Waals surface area contributed by atoms with Crippen molar-refractivity contribution in [3.8, 4) is 22.4 Å². The minimum Gasteiger partial charge on any atom is -0.366 e. The molecule has 0 fully saturated rings. The number of nitrogens with two attached hydrogens (primary N) is 1. The lowest BCUT2D eigenvalue weighted by molar-refractivity contribution is 0.1000. The van der Waals surface area contributed by atoms with E-state index in [9.17, 15) is 4.79 Å². The zero-order valence-electron chi connectivity index (χ0n) is 18.1. The molecule has 0 aliphatic heterocycles. The summed E-state index contributed by atoms with van der Waals surface area (Å²) in [6.45, 7) is 1.91. The van der Waals surface area contributed by atoms with E-state index in [2.05, 4.69) is 5.32 Å². The molecule has 4 aromatic carbocycles. The van der Waals surface area contributed by atoms with Crippen molar-refractivity contribution in [3.05, 3.63) is 108 Å². The van der Waals surface area contributed by atoms with Crippen LogP contribution in [0.25, 0.3) is 33.3 Å². The maximum absolute atomic E-state index is 12.0. The number of para-hydroxylation sites is 1. The number of carbonyl (C=O) groups is 1. The molecule has 5 rings (SSSR count). The number of benzene rings is 4. The molecule has 1 heterocycles. The molecule has 160 valence electrons. The van der Waals surface area contributed by atoms with Crippen LogP contribution < -0.4 is 11.1 Å². The summed E-state index contributed by atoms with van der Waals surface area (Å²) in [5, 5.41) is 4.39. The van der Waals surface area contributed by atoms with Crippen molar-refractivity contribution in [2.75, 3.05) is 5.32 Å². The summed E-state index contributed by atoms with van der Waals surface area (Å²) >= 11 is 0. The molecular formula is C28H22N4O. The summed E-state index contributed by atoms with van der Waals surface area (Å²) < 4.78 is 0. The third-order valence-corrected chi connectivity index (χ3v) is 5.69. The van der Waals surface area contributed by atoms with E-state index in [0.717, 1.165) is 44.5 Å². The highest BCUT2D eigenvalue weighted by molar-refractivity contribution is 5.99. The van der Waals surface area contributed by atoms with Gasteiger partial charge in [0.15, 0.2) is 0 Å². The minimum absolute atomic E-state index is 0.454. The summed E-state index contributed by atoms with van der Waals surface area (Å²) in [7, 11) is 0. The fourth-order valence-electron chi connectivity index (χ4n) is 4.13. The number of hydrogen-bond acceptors (Lipinski definition) is 4. The van der Waals surface area contributed by atoms with Gasteiger partial charge in [-0.1, -0.05) is 78.9 Å². The zero-order chi connectivity index (χ0) is 22.8. The van der Waals surface area contributed by atoms with Crippen LogP contribution in [0.5, 0.6) is 0 Å². The number of anilines is 2. The van der Waals surface area contributed by atoms with Gasteiger partial charge >= 0.3 is 0 Å². The summed E-state index contributed by atoms with van der Waals surface area (Å²) in [6.07, 6.45) is 0. The first-order valence-electron chi connectivity index (χ1n) is 10.7. The van der Waals surface area contributed by atoms with Gasteiger partial charge in [-0.15, -0.1) is 0 Å². The molecular weight excluding hydrogens is 408 g/mol. The topological polar surface area (TPSA) is 80.9 Å². The van der Waals surface area contributed by atoms with Crippen LogP contribution in [0.2, 0.25) is 0 Å². The lowest BCUT2D eigenvalue weighted by Gasteiger charge is -2.17. The van der Waals surface area contributed by atoms with Gasteiger partial charge in [-0.2, -0.15) is 0 Å². The van der Waals surface area contributed by atoms with Gasteiger partial charge in [0.05, 0.1) is 11.2 Å². The molecule has 0 radical (unpaired) electrons. The van der Waals surface area contributed by atoms with E-state index in [-0.39, 0.29) is 0 Å². The number of hydrogen-bond donors (Lipinski definition) is 2. The summed E-state index contributed by atoms with van der Waals surface area (Å²) in [5.41, 5.74) is 12.3. The lowest BCUT2D eigenvalue weighted by atomic mass is 9.94. The smallest absolute Gasteiger partial charge is 0.248 e. The van der Waals surface area contributed by atoms with Crippen molar-refractivity contribution in [1.29, 1.82) is 0 Å². The molecule has 0 saturated heterocycles. The number of rotatable bonds is 5. The molecule has 0 saturated carbocycles. The quantitative estimate of drug-likeness (QED) is 0.352. The third-order valence-electron chi connectivity index (χ3n) is 5.69. The Bertz CT molecular complexity index is 1460. The molecule has 5 nitrogen and oxygen atoms in total. The van der Waals surface area contributed by atoms with Crippen LogP contribution in [-0.2, 0) is 0 Å². The minimum atomic E-state index is -0.454. The first kappa shape index (κ1) is 20.4. The van der Waals surface area contributed by atoms with Crippen molar-refractivity contribution in [1.82, 2.24) is 9.97 Å². The molecule has 0 aliphatic rings. The average Bonchev–Trinajstić information content (AvgIpc) is 2.84. The fraction of sp³-hybridized carbons (Fsp3) is 0.0357. The molecule has 0 aliphatic carbocycles. The van der Waals surface area contributed by atoms with Gasteiger partial charge in [-0.05, 0) is 36.2 Å². The largest absolute Gasteiger partial charge is 0.366 e. The molecule has 3 N–H and O–H groups in total. The second-order valence-corrected chi connectivity index (χ2v) is 7.79. The van der Waals surface area contributed by atoms with Crippen LogP contribution >= 0.6 is 0 Å². The Morgan fingerprint density at radius 1 is 0.758 bits per heavy atom. The second-order valence-electron chi connectivity index (χ2n) is 7.79. The normalized spacial score (nSPS) is 10.8. The van der Waals surface area contributed by atoms with Crippen LogP contribution in [0, 0.1) is 6.92 Å². The highest BCUT2D eigenvalue weighted by Crippen LogP contribution is 2.35. The van der Waals surface area contributed by atoms with Crippen LogP contribution in [0.4, 0.5) is 11.6 Å². The van der Waals surface area contributed by atoms with E-state index in [0.29, 0.717) is 11.5 Å². The maximum Gasteiger partial charge on any atom is 0.248 e. The number of amides is 1. The standard InChI is InChI=1S/C28H22N4O/c1-18-21(27(29)33)16-17-24(25(18)19-10-4-2-5-11-19)31-28-30-23-15-9-8-14-22(23)26(32-28)20-12-6-3-7-13-20/h2-17H,1H3,(H2,29,33)(H,30,31,32). The molecule has 5 heteroatoms. The van der Waals surface area contributed by atoms with E-state index in [4.69, 9.17) is 15.7 Å². The Balaban J connectivity index is 1.68. The molecule has 0 unspecified atom stereocenters. The third kappa shape index (κ3) is 3.92. The molecule has 1 aromatic heterocycles. The van der Waals surface area contributed by atoms with Gasteiger partial charge < -0.3 is 11.1 Å². The van der Waals surface area contributed by atoms with E-state index in [1.165, 1.54) is 0 Å². The Morgan fingerprint density at radius 2 is 1.39 bits per heavy atom. The number of fused-ring (bicyclic) bond motifs is 1. The summed E-state index contributed by atoms with van der Waals surface area (Å²) in [6, 6.07) is 31.5. The maximum atomic E-state index is 12.0. The van der Waals surface area contributed by atoms with Crippen LogP contribution in [-0.4, -0.2) is 15.9 Å². The zero-order valence-corrected chi connectivity index (χ0v) is 18.1. The van der Waals surface area contributed by atoms with Crippen LogP contribution in [0.3, 0.4) is 0 Å². The van der Waals surface area contributed by atoms with Crippen molar-refractivity contribution < 1.29 is 4.79 Å². The highest BCUT2D eigenvalue weighted by atomic mass is 16.1. The number of nitrogens with zero attached hydrogens (tertiary/aromatic N) is 2. The van der Waals surface area contributed by atoms with Crippen LogP contribution in [0.1, 0.15) is 15.9 Å². The Hall–Kier alpha value is -4.51. The van der Waals surface area contributed by atoms with Gasteiger partial charge in [-0.25, -0.2) is 9.97 Å². The highest BCUT2D eigenvalue weighted by Gasteiger charge is 2.17. The Morgan fingerprint density at radius 3 is 2.09 bits per heavy atom. The van der Waals surface area contributed by atoms with Crippen molar-refractivity contribution in [2.24, 2.45) is 5.73 Å². The van der Waals surface area contributed by atoms with E-state index < -0.39 is 5.91 Å². The number of nitrogens with one attached hydrogen (secondary N) is 1. The van der Waals surface area contributed by atoms with Gasteiger partial charge in [0.2, 0.25) is 11.9 Å². The molecule has 0 atom stereocenters. The van der Waals surface area contributed by atoms with E-state index in [1.807, 2.05) is 97.9 Å². The van der Waals surface area contributed by atoms with E-state index in [1.54, 1.807) is 6.07 Å². The predicted octanol–water partition coefficient (Wildman–Crippen LogP) is 6.11. The van der Waals surface area contributed by atoms with Gasteiger partial charge in [0.1, 0.15) is 0 Å². The number of aromatic nitrogens is 2. The van der Waals surface area contributed by atoms with Crippen molar-refractivity contribution in [2.45, 2.75) is 6.92 Å². The van der Waals surface area contributed by atoms with Crippen molar-refractivity contribution >= 4 is 28.4 Å². The van der Waals surface area contributed by atoms with Gasteiger partial charge in [-0.3, -0.25) is 4.79 Å². The van der Waals surface area contributed by atoms with Gasteiger partial charge in [0.25, 0.3) is 0 Å². The molecule has 0 bridgehead atoms. The fourth-order valence-corrected chi connectivity index (χ4v) is 4.13. The first-order chi connectivity index (χ1) is 16.1. The van der Waals surface area contributed by atoms with Crippen molar-refractivity contribution in [3.63, 3.8) is 0 Å². The SMILES string of the molecule is Cc1c(C(N)=O)ccc(Nc2nc(-c3ccccc3)c3ccccc3n2)c1-c1ccccc1. The lowest BCUT2D eigenvalue weighted by Crippen LogP contribution is -2.14.